The molecule has 0 heterocycles. The third kappa shape index (κ3) is 4.79. The molecule has 2 N–H and O–H groups in total. The van der Waals surface area contributed by atoms with E-state index in [4.69, 9.17) is 11.6 Å². The van der Waals surface area contributed by atoms with E-state index in [-0.39, 0.29) is 15.5 Å². The Labute approximate surface area is 162 Å². The molecule has 0 aliphatic rings. The summed E-state index contributed by atoms with van der Waals surface area (Å²) in [5.41, 5.74) is 0.436. The highest BCUT2D eigenvalue weighted by Crippen LogP contribution is 2.23. The summed E-state index contributed by atoms with van der Waals surface area (Å²) >= 11 is 5.86. The molecule has 140 valence electrons. The van der Waals surface area contributed by atoms with E-state index in [0.717, 1.165) is 0 Å². The number of sulfonamides is 2. The third-order valence-corrected chi connectivity index (χ3v) is 6.54. The van der Waals surface area contributed by atoms with Gasteiger partial charge in [-0.2, -0.15) is 0 Å². The fraction of sp³-hybridized carbons (Fsp3) is 0. The second-order valence-electron chi connectivity index (χ2n) is 5.56. The molecule has 0 amide bonds. The molecule has 9 heteroatoms. The van der Waals surface area contributed by atoms with Gasteiger partial charge in [0.2, 0.25) is 0 Å². The smallest absolute Gasteiger partial charge is 0.261 e. The molecule has 0 unspecified atom stereocenters. The van der Waals surface area contributed by atoms with Crippen molar-refractivity contribution in [2.45, 2.75) is 9.79 Å². The van der Waals surface area contributed by atoms with Crippen LogP contribution in [-0.4, -0.2) is 16.8 Å². The van der Waals surface area contributed by atoms with E-state index in [1.54, 1.807) is 36.4 Å². The standard InChI is InChI=1S/C18H15ClN2O4S2/c19-14-6-4-7-15(12-14)20-27(24,25)18-11-5-8-16(13-18)21-26(22,23)17-9-2-1-3-10-17/h1-13,20-21H. The van der Waals surface area contributed by atoms with Gasteiger partial charge in [-0.15, -0.1) is 0 Å². The summed E-state index contributed by atoms with van der Waals surface area (Å²) in [6.07, 6.45) is 0. The molecule has 0 saturated heterocycles. The molecule has 0 saturated carbocycles. The van der Waals surface area contributed by atoms with Crippen LogP contribution in [0.3, 0.4) is 0 Å². The Morgan fingerprint density at radius 2 is 1.11 bits per heavy atom. The summed E-state index contributed by atoms with van der Waals surface area (Å²) in [5.74, 6) is 0. The fourth-order valence-corrected chi connectivity index (χ4v) is 4.66. The summed E-state index contributed by atoms with van der Waals surface area (Å²) in [5, 5.41) is 0.388. The lowest BCUT2D eigenvalue weighted by molar-refractivity contribution is 0.598. The van der Waals surface area contributed by atoms with Gasteiger partial charge in [-0.05, 0) is 48.5 Å². The topological polar surface area (TPSA) is 92.3 Å². The highest BCUT2D eigenvalue weighted by molar-refractivity contribution is 7.93. The second kappa shape index (κ2) is 7.59. The maximum atomic E-state index is 12.6. The Balaban J connectivity index is 1.87. The van der Waals surface area contributed by atoms with Gasteiger partial charge in [0.05, 0.1) is 21.2 Å². The largest absolute Gasteiger partial charge is 0.280 e. The summed E-state index contributed by atoms with van der Waals surface area (Å²) < 4.78 is 54.7. The quantitative estimate of drug-likeness (QED) is 0.629. The first-order valence-corrected chi connectivity index (χ1v) is 11.1. The Kier molecular flexibility index (Phi) is 5.41. The van der Waals surface area contributed by atoms with Gasteiger partial charge in [0.1, 0.15) is 0 Å². The Bertz CT molecular complexity index is 1160. The zero-order chi connectivity index (χ0) is 19.5. The van der Waals surface area contributed by atoms with Gasteiger partial charge in [-0.25, -0.2) is 16.8 Å². The molecule has 0 aliphatic carbocycles. The first-order valence-electron chi connectivity index (χ1n) is 7.73. The van der Waals surface area contributed by atoms with Crippen molar-refractivity contribution in [3.05, 3.63) is 83.9 Å². The van der Waals surface area contributed by atoms with Gasteiger partial charge in [-0.1, -0.05) is 41.9 Å². The van der Waals surface area contributed by atoms with E-state index in [2.05, 4.69) is 9.44 Å². The fourth-order valence-electron chi connectivity index (χ4n) is 2.31. The van der Waals surface area contributed by atoms with Crippen LogP contribution in [-0.2, 0) is 20.0 Å². The first-order chi connectivity index (χ1) is 12.8. The average Bonchev–Trinajstić information content (AvgIpc) is 2.62. The van der Waals surface area contributed by atoms with Crippen molar-refractivity contribution in [3.63, 3.8) is 0 Å². The van der Waals surface area contributed by atoms with Crippen molar-refractivity contribution >= 4 is 43.0 Å². The summed E-state index contributed by atoms with van der Waals surface area (Å²) in [4.78, 5) is -0.00829. The van der Waals surface area contributed by atoms with Crippen molar-refractivity contribution in [1.82, 2.24) is 0 Å². The Morgan fingerprint density at radius 3 is 1.74 bits per heavy atom. The van der Waals surface area contributed by atoms with E-state index < -0.39 is 20.0 Å². The molecule has 3 rings (SSSR count). The van der Waals surface area contributed by atoms with Crippen molar-refractivity contribution in [2.75, 3.05) is 9.44 Å². The number of benzene rings is 3. The van der Waals surface area contributed by atoms with Gasteiger partial charge < -0.3 is 0 Å². The lowest BCUT2D eigenvalue weighted by Crippen LogP contribution is -2.15. The number of halogens is 1. The van der Waals surface area contributed by atoms with E-state index in [0.29, 0.717) is 10.7 Å². The van der Waals surface area contributed by atoms with Crippen LogP contribution in [0.25, 0.3) is 0 Å². The molecule has 0 fully saturated rings. The van der Waals surface area contributed by atoms with Crippen molar-refractivity contribution in [1.29, 1.82) is 0 Å². The minimum atomic E-state index is -3.92. The van der Waals surface area contributed by atoms with Crippen LogP contribution in [0.1, 0.15) is 0 Å². The van der Waals surface area contributed by atoms with Gasteiger partial charge in [-0.3, -0.25) is 9.44 Å². The van der Waals surface area contributed by atoms with Crippen molar-refractivity contribution < 1.29 is 16.8 Å². The summed E-state index contributed by atoms with van der Waals surface area (Å²) in [7, 11) is -7.74. The Morgan fingerprint density at radius 1 is 0.593 bits per heavy atom. The molecular formula is C18H15ClN2O4S2. The lowest BCUT2D eigenvalue weighted by atomic mass is 10.3. The molecule has 27 heavy (non-hydrogen) atoms. The SMILES string of the molecule is O=S(=O)(Nc1cccc(S(=O)(=O)Nc2cccc(Cl)c2)c1)c1ccccc1. The average molecular weight is 423 g/mol. The Hall–Kier alpha value is -2.55. The monoisotopic (exact) mass is 422 g/mol. The number of rotatable bonds is 6. The number of nitrogens with one attached hydrogen (secondary N) is 2. The van der Waals surface area contributed by atoms with Gasteiger partial charge in [0, 0.05) is 5.02 Å². The van der Waals surface area contributed by atoms with Gasteiger partial charge in [0.25, 0.3) is 20.0 Å². The molecule has 0 radical (unpaired) electrons. The van der Waals surface area contributed by atoms with E-state index in [1.165, 1.54) is 42.5 Å². The molecule has 0 bridgehead atoms. The van der Waals surface area contributed by atoms with Crippen LogP contribution in [0, 0.1) is 0 Å². The molecule has 0 spiro atoms. The van der Waals surface area contributed by atoms with Gasteiger partial charge >= 0.3 is 0 Å². The highest BCUT2D eigenvalue weighted by atomic mass is 35.5. The first kappa shape index (κ1) is 19.2. The second-order valence-corrected chi connectivity index (χ2v) is 9.36. The molecule has 0 atom stereocenters. The highest BCUT2D eigenvalue weighted by Gasteiger charge is 2.18. The number of hydrogen-bond acceptors (Lipinski definition) is 4. The van der Waals surface area contributed by atoms with E-state index >= 15 is 0 Å². The van der Waals surface area contributed by atoms with E-state index in [1.807, 2.05) is 0 Å². The molecule has 3 aromatic carbocycles. The molecule has 6 nitrogen and oxygen atoms in total. The summed E-state index contributed by atoms with van der Waals surface area (Å²) in [6.45, 7) is 0. The molecule has 0 aromatic heterocycles. The van der Waals surface area contributed by atoms with Crippen molar-refractivity contribution in [3.8, 4) is 0 Å². The van der Waals surface area contributed by atoms with Crippen molar-refractivity contribution in [2.24, 2.45) is 0 Å². The minimum Gasteiger partial charge on any atom is -0.280 e. The van der Waals surface area contributed by atoms with Crippen LogP contribution in [0.5, 0.6) is 0 Å². The maximum Gasteiger partial charge on any atom is 0.261 e. The van der Waals surface area contributed by atoms with Crippen LogP contribution in [0.15, 0.2) is 88.7 Å². The summed E-state index contributed by atoms with van der Waals surface area (Å²) in [6, 6.07) is 19.6. The van der Waals surface area contributed by atoms with E-state index in [9.17, 15) is 16.8 Å². The van der Waals surface area contributed by atoms with Crippen LogP contribution in [0.2, 0.25) is 5.02 Å². The zero-order valence-electron chi connectivity index (χ0n) is 13.8. The number of hydrogen-bond donors (Lipinski definition) is 2. The molecule has 3 aromatic rings. The normalized spacial score (nSPS) is 11.7. The predicted octanol–water partition coefficient (Wildman–Crippen LogP) is 3.94. The minimum absolute atomic E-state index is 0.0790. The maximum absolute atomic E-state index is 12.6. The number of anilines is 2. The predicted molar refractivity (Wildman–Crippen MR) is 106 cm³/mol. The van der Waals surface area contributed by atoms with Crippen LogP contribution < -0.4 is 9.44 Å². The lowest BCUT2D eigenvalue weighted by Gasteiger charge is -2.11. The van der Waals surface area contributed by atoms with Gasteiger partial charge in [0.15, 0.2) is 0 Å². The molecular weight excluding hydrogens is 408 g/mol. The third-order valence-electron chi connectivity index (χ3n) is 3.53. The van der Waals surface area contributed by atoms with Crippen LogP contribution in [0.4, 0.5) is 11.4 Å². The van der Waals surface area contributed by atoms with Crippen LogP contribution >= 0.6 is 11.6 Å². The zero-order valence-corrected chi connectivity index (χ0v) is 16.2. The molecule has 0 aliphatic heterocycles.